The number of benzene rings is 1. The van der Waals surface area contributed by atoms with Gasteiger partial charge in [0.2, 0.25) is 5.28 Å². The van der Waals surface area contributed by atoms with Crippen LogP contribution < -0.4 is 14.2 Å². The van der Waals surface area contributed by atoms with Crippen LogP contribution in [0.2, 0.25) is 5.28 Å². The number of fused-ring (bicyclic) bond motifs is 1. The van der Waals surface area contributed by atoms with Crippen molar-refractivity contribution in [1.82, 2.24) is 9.97 Å². The van der Waals surface area contributed by atoms with Crippen molar-refractivity contribution in [2.75, 3.05) is 17.9 Å². The molecule has 0 aliphatic carbocycles. The van der Waals surface area contributed by atoms with Gasteiger partial charge in [-0.1, -0.05) is 0 Å². The molecule has 9 heteroatoms. The normalized spacial score (nSPS) is 13.8. The second kappa shape index (κ2) is 5.38. The highest BCUT2D eigenvalue weighted by Gasteiger charge is 2.20. The van der Waals surface area contributed by atoms with Crippen molar-refractivity contribution in [3.63, 3.8) is 0 Å². The van der Waals surface area contributed by atoms with Crippen LogP contribution in [0.5, 0.6) is 11.5 Å². The molecule has 0 unspecified atom stereocenters. The molecule has 0 bridgehead atoms. The molecule has 0 radical (unpaired) electrons. The lowest BCUT2D eigenvalue weighted by Crippen LogP contribution is -2.17. The second-order valence-electron chi connectivity index (χ2n) is 4.12. The van der Waals surface area contributed by atoms with E-state index in [-0.39, 0.29) is 16.0 Å². The lowest BCUT2D eigenvalue weighted by molar-refractivity contribution is 0.171. The van der Waals surface area contributed by atoms with Crippen LogP contribution in [-0.4, -0.2) is 31.6 Å². The number of nitrogens with one attached hydrogen (secondary N) is 1. The summed E-state index contributed by atoms with van der Waals surface area (Å²) in [6.07, 6.45) is 1.36. The van der Waals surface area contributed by atoms with Crippen molar-refractivity contribution in [3.05, 3.63) is 35.7 Å². The number of nitrogens with zero attached hydrogens (tertiary/aromatic N) is 2. The van der Waals surface area contributed by atoms with Crippen molar-refractivity contribution >= 4 is 27.4 Å². The Morgan fingerprint density at radius 3 is 2.67 bits per heavy atom. The summed E-state index contributed by atoms with van der Waals surface area (Å²) in [7, 11) is -3.80. The van der Waals surface area contributed by atoms with Crippen LogP contribution in [0, 0.1) is 0 Å². The average Bonchev–Trinajstić information content (AvgIpc) is 2.46. The summed E-state index contributed by atoms with van der Waals surface area (Å²) in [5, 5.41) is -0.0441. The van der Waals surface area contributed by atoms with Crippen molar-refractivity contribution in [3.8, 4) is 11.5 Å². The fourth-order valence-corrected chi connectivity index (χ4v) is 2.94. The standard InChI is InChI=1S/C12H10ClN3O4S/c13-12-14-4-3-11(15-12)16-21(17,18)8-1-2-9-10(7-8)20-6-5-19-9/h1-4,7H,5-6H2,(H,14,15,16). The van der Waals surface area contributed by atoms with Crippen molar-refractivity contribution in [2.45, 2.75) is 4.90 Å². The van der Waals surface area contributed by atoms with E-state index >= 15 is 0 Å². The molecular formula is C12H10ClN3O4S. The van der Waals surface area contributed by atoms with Crippen LogP contribution in [-0.2, 0) is 10.0 Å². The lowest BCUT2D eigenvalue weighted by Gasteiger charge is -2.18. The third-order valence-electron chi connectivity index (χ3n) is 2.69. The summed E-state index contributed by atoms with van der Waals surface area (Å²) in [6.45, 7) is 0.822. The minimum Gasteiger partial charge on any atom is -0.486 e. The van der Waals surface area contributed by atoms with Gasteiger partial charge in [-0.3, -0.25) is 4.72 Å². The number of aromatic nitrogens is 2. The van der Waals surface area contributed by atoms with Gasteiger partial charge in [0, 0.05) is 12.3 Å². The van der Waals surface area contributed by atoms with Gasteiger partial charge in [-0.05, 0) is 29.8 Å². The Morgan fingerprint density at radius 1 is 1.14 bits per heavy atom. The van der Waals surface area contributed by atoms with E-state index in [9.17, 15) is 8.42 Å². The van der Waals surface area contributed by atoms with Gasteiger partial charge >= 0.3 is 0 Å². The molecule has 0 amide bonds. The molecule has 110 valence electrons. The molecule has 1 N–H and O–H groups in total. The Hall–Kier alpha value is -2.06. The van der Waals surface area contributed by atoms with E-state index in [1.165, 1.54) is 24.4 Å². The third-order valence-corrected chi connectivity index (χ3v) is 4.22. The third kappa shape index (κ3) is 3.01. The Labute approximate surface area is 125 Å². The van der Waals surface area contributed by atoms with Crippen molar-refractivity contribution < 1.29 is 17.9 Å². The van der Waals surface area contributed by atoms with Crippen LogP contribution in [0.15, 0.2) is 35.4 Å². The smallest absolute Gasteiger partial charge is 0.263 e. The van der Waals surface area contributed by atoms with Crippen LogP contribution in [0.1, 0.15) is 0 Å². The molecule has 1 aliphatic rings. The number of halogens is 1. The van der Waals surface area contributed by atoms with E-state index in [2.05, 4.69) is 14.7 Å². The zero-order valence-corrected chi connectivity index (χ0v) is 12.2. The topological polar surface area (TPSA) is 90.4 Å². The first-order valence-electron chi connectivity index (χ1n) is 5.96. The molecule has 21 heavy (non-hydrogen) atoms. The highest BCUT2D eigenvalue weighted by Crippen LogP contribution is 2.32. The van der Waals surface area contributed by atoms with E-state index in [0.717, 1.165) is 0 Å². The minimum absolute atomic E-state index is 0.0430. The van der Waals surface area contributed by atoms with E-state index in [0.29, 0.717) is 24.7 Å². The van der Waals surface area contributed by atoms with Crippen molar-refractivity contribution in [1.29, 1.82) is 0 Å². The van der Waals surface area contributed by atoms with Gasteiger partial charge in [-0.25, -0.2) is 13.4 Å². The molecule has 0 atom stereocenters. The lowest BCUT2D eigenvalue weighted by atomic mass is 10.3. The zero-order chi connectivity index (χ0) is 14.9. The summed E-state index contributed by atoms with van der Waals surface area (Å²) in [5.74, 6) is 1.00. The maximum absolute atomic E-state index is 12.3. The fraction of sp³-hybridized carbons (Fsp3) is 0.167. The highest BCUT2D eigenvalue weighted by molar-refractivity contribution is 7.92. The maximum atomic E-state index is 12.3. The van der Waals surface area contributed by atoms with Crippen LogP contribution in [0.25, 0.3) is 0 Å². The van der Waals surface area contributed by atoms with Crippen LogP contribution >= 0.6 is 11.6 Å². The Kier molecular flexibility index (Phi) is 3.56. The molecule has 2 heterocycles. The van der Waals surface area contributed by atoms with Crippen molar-refractivity contribution in [2.24, 2.45) is 0 Å². The van der Waals surface area contributed by atoms with E-state index in [4.69, 9.17) is 21.1 Å². The van der Waals surface area contributed by atoms with Gasteiger partial charge in [0.25, 0.3) is 10.0 Å². The largest absolute Gasteiger partial charge is 0.486 e. The molecular weight excluding hydrogens is 318 g/mol. The van der Waals surface area contributed by atoms with Gasteiger partial charge < -0.3 is 9.47 Å². The van der Waals surface area contributed by atoms with E-state index in [1.54, 1.807) is 6.07 Å². The molecule has 0 fully saturated rings. The minimum atomic E-state index is -3.80. The first kappa shape index (κ1) is 13.9. The van der Waals surface area contributed by atoms with E-state index in [1.807, 2.05) is 0 Å². The van der Waals surface area contributed by atoms with Crippen LogP contribution in [0.3, 0.4) is 0 Å². The molecule has 0 saturated carbocycles. The zero-order valence-electron chi connectivity index (χ0n) is 10.6. The van der Waals surface area contributed by atoms with Gasteiger partial charge in [0.1, 0.15) is 19.0 Å². The summed E-state index contributed by atoms with van der Waals surface area (Å²) >= 11 is 5.62. The number of ether oxygens (including phenoxy) is 2. The number of hydrogen-bond donors (Lipinski definition) is 1. The number of hydrogen-bond acceptors (Lipinski definition) is 6. The molecule has 3 rings (SSSR count). The maximum Gasteiger partial charge on any atom is 0.263 e. The van der Waals surface area contributed by atoms with E-state index < -0.39 is 10.0 Å². The number of sulfonamides is 1. The fourth-order valence-electron chi connectivity index (χ4n) is 1.78. The first-order valence-corrected chi connectivity index (χ1v) is 7.82. The quantitative estimate of drug-likeness (QED) is 0.863. The average molecular weight is 328 g/mol. The monoisotopic (exact) mass is 327 g/mol. The highest BCUT2D eigenvalue weighted by atomic mass is 35.5. The summed E-state index contributed by atoms with van der Waals surface area (Å²) < 4.78 is 37.6. The molecule has 0 spiro atoms. The van der Waals surface area contributed by atoms with Gasteiger partial charge in [-0.2, -0.15) is 4.98 Å². The van der Waals surface area contributed by atoms with Crippen LogP contribution in [0.4, 0.5) is 5.82 Å². The number of rotatable bonds is 3. The Bertz CT molecular complexity index is 782. The predicted octanol–water partition coefficient (Wildman–Crippen LogP) is 1.70. The molecule has 0 saturated heterocycles. The summed E-state index contributed by atoms with van der Waals surface area (Å²) in [6, 6.07) is 5.79. The predicted molar refractivity (Wildman–Crippen MR) is 75.3 cm³/mol. The molecule has 7 nitrogen and oxygen atoms in total. The Balaban J connectivity index is 1.91. The molecule has 1 aromatic heterocycles. The molecule has 2 aromatic rings. The van der Waals surface area contributed by atoms with Gasteiger partial charge in [0.15, 0.2) is 11.5 Å². The van der Waals surface area contributed by atoms with Gasteiger partial charge in [-0.15, -0.1) is 0 Å². The molecule has 1 aromatic carbocycles. The molecule has 1 aliphatic heterocycles. The first-order chi connectivity index (χ1) is 10.0. The second-order valence-corrected chi connectivity index (χ2v) is 6.14. The summed E-state index contributed by atoms with van der Waals surface area (Å²) in [4.78, 5) is 7.51. The number of anilines is 1. The SMILES string of the molecule is O=S(=O)(Nc1ccnc(Cl)n1)c1ccc2c(c1)OCCO2. The Morgan fingerprint density at radius 2 is 1.90 bits per heavy atom. The summed E-state index contributed by atoms with van der Waals surface area (Å²) in [5.41, 5.74) is 0. The van der Waals surface area contributed by atoms with Gasteiger partial charge in [0.05, 0.1) is 4.90 Å².